The van der Waals surface area contributed by atoms with Crippen molar-refractivity contribution in [3.8, 4) is 0 Å². The fourth-order valence-corrected chi connectivity index (χ4v) is 3.40. The maximum atomic E-state index is 4.47. The Kier molecular flexibility index (Phi) is 3.67. The van der Waals surface area contributed by atoms with E-state index in [2.05, 4.69) is 31.4 Å². The minimum atomic E-state index is 0.384. The van der Waals surface area contributed by atoms with Crippen molar-refractivity contribution in [1.82, 2.24) is 4.90 Å². The predicted octanol–water partition coefficient (Wildman–Crippen LogP) is 3.21. The van der Waals surface area contributed by atoms with Crippen molar-refractivity contribution < 1.29 is 0 Å². The minimum Gasteiger partial charge on any atom is -0.300 e. The Morgan fingerprint density at radius 2 is 1.93 bits per heavy atom. The molecule has 2 atom stereocenters. The lowest BCUT2D eigenvalue weighted by atomic mass is 9.84. The zero-order valence-corrected chi connectivity index (χ0v) is 11.1. The van der Waals surface area contributed by atoms with Gasteiger partial charge in [0.15, 0.2) is 0 Å². The molecule has 2 aliphatic rings. The van der Waals surface area contributed by atoms with Gasteiger partial charge in [-0.2, -0.15) is 12.6 Å². The highest BCUT2D eigenvalue weighted by molar-refractivity contribution is 7.80. The quantitative estimate of drug-likeness (QED) is 0.725. The lowest BCUT2D eigenvalue weighted by Crippen LogP contribution is -2.41. The van der Waals surface area contributed by atoms with Crippen molar-refractivity contribution >= 4 is 12.6 Å². The summed E-state index contributed by atoms with van der Waals surface area (Å²) in [6.45, 7) is 7.27. The van der Waals surface area contributed by atoms with Gasteiger partial charge >= 0.3 is 0 Å². The van der Waals surface area contributed by atoms with Gasteiger partial charge in [0, 0.05) is 12.6 Å². The third-order valence-electron chi connectivity index (χ3n) is 4.18. The van der Waals surface area contributed by atoms with E-state index >= 15 is 0 Å². The van der Waals surface area contributed by atoms with Gasteiger partial charge in [-0.15, -0.1) is 0 Å². The van der Waals surface area contributed by atoms with Gasteiger partial charge in [-0.25, -0.2) is 0 Å². The first kappa shape index (κ1) is 11.8. The van der Waals surface area contributed by atoms with Crippen LogP contribution in [0.5, 0.6) is 0 Å². The highest BCUT2D eigenvalue weighted by atomic mass is 32.1. The second kappa shape index (κ2) is 4.67. The van der Waals surface area contributed by atoms with Gasteiger partial charge in [0.05, 0.1) is 0 Å². The first-order chi connectivity index (χ1) is 7.12. The molecule has 1 aliphatic carbocycles. The zero-order chi connectivity index (χ0) is 10.9. The third-order valence-corrected chi connectivity index (χ3v) is 5.04. The van der Waals surface area contributed by atoms with Crippen LogP contribution in [0.25, 0.3) is 0 Å². The van der Waals surface area contributed by atoms with E-state index in [1.165, 1.54) is 45.2 Å². The number of nitrogens with zero attached hydrogens (tertiary/aromatic N) is 1. The Bertz CT molecular complexity index is 215. The highest BCUT2D eigenvalue weighted by Crippen LogP contribution is 2.37. The Morgan fingerprint density at radius 3 is 2.67 bits per heavy atom. The van der Waals surface area contributed by atoms with Crippen LogP contribution in [-0.2, 0) is 0 Å². The SMILES string of the molecule is CC(C)(CS)CN1CCC2CCCCC21. The summed E-state index contributed by atoms with van der Waals surface area (Å²) in [5, 5.41) is 0. The number of rotatable bonds is 3. The van der Waals surface area contributed by atoms with Gasteiger partial charge in [0.2, 0.25) is 0 Å². The smallest absolute Gasteiger partial charge is 0.0124 e. The van der Waals surface area contributed by atoms with Crippen molar-refractivity contribution in [2.75, 3.05) is 18.8 Å². The molecule has 1 heterocycles. The Morgan fingerprint density at radius 1 is 1.20 bits per heavy atom. The normalized spacial score (nSPS) is 33.0. The fraction of sp³-hybridized carbons (Fsp3) is 1.00. The van der Waals surface area contributed by atoms with Crippen LogP contribution in [0.15, 0.2) is 0 Å². The van der Waals surface area contributed by atoms with Crippen molar-refractivity contribution in [1.29, 1.82) is 0 Å². The first-order valence-corrected chi connectivity index (χ1v) is 7.10. The molecule has 0 bridgehead atoms. The summed E-state index contributed by atoms with van der Waals surface area (Å²) in [6, 6.07) is 0.915. The van der Waals surface area contributed by atoms with Crippen LogP contribution in [0, 0.1) is 11.3 Å². The lowest BCUT2D eigenvalue weighted by molar-refractivity contribution is 0.138. The summed E-state index contributed by atoms with van der Waals surface area (Å²) in [7, 11) is 0. The van der Waals surface area contributed by atoms with Crippen LogP contribution in [0.4, 0.5) is 0 Å². The summed E-state index contributed by atoms with van der Waals surface area (Å²) < 4.78 is 0. The average Bonchev–Trinajstić information content (AvgIpc) is 2.62. The molecule has 0 spiro atoms. The highest BCUT2D eigenvalue weighted by Gasteiger charge is 2.37. The molecular formula is C13H25NS. The van der Waals surface area contributed by atoms with Crippen LogP contribution < -0.4 is 0 Å². The van der Waals surface area contributed by atoms with Crippen LogP contribution in [0.2, 0.25) is 0 Å². The second-order valence-electron chi connectivity index (χ2n) is 6.19. The molecule has 1 saturated heterocycles. The summed E-state index contributed by atoms with van der Waals surface area (Å²) in [6.07, 6.45) is 7.33. The molecule has 0 aromatic carbocycles. The molecule has 2 rings (SSSR count). The van der Waals surface area contributed by atoms with Gasteiger partial charge in [-0.05, 0) is 42.9 Å². The fourth-order valence-electron chi connectivity index (χ4n) is 3.30. The summed E-state index contributed by atoms with van der Waals surface area (Å²) >= 11 is 4.47. The maximum Gasteiger partial charge on any atom is 0.0124 e. The molecule has 1 saturated carbocycles. The van der Waals surface area contributed by atoms with Gasteiger partial charge < -0.3 is 0 Å². The number of thiol groups is 1. The molecule has 2 unspecified atom stereocenters. The van der Waals surface area contributed by atoms with Crippen LogP contribution >= 0.6 is 12.6 Å². The second-order valence-corrected chi connectivity index (χ2v) is 6.51. The van der Waals surface area contributed by atoms with E-state index in [1.807, 2.05) is 0 Å². The maximum absolute atomic E-state index is 4.47. The molecule has 15 heavy (non-hydrogen) atoms. The zero-order valence-electron chi connectivity index (χ0n) is 10.2. The predicted molar refractivity (Wildman–Crippen MR) is 69.6 cm³/mol. The molecule has 0 aromatic rings. The molecule has 0 radical (unpaired) electrons. The van der Waals surface area contributed by atoms with Crippen LogP contribution in [0.3, 0.4) is 0 Å². The molecule has 0 amide bonds. The minimum absolute atomic E-state index is 0.384. The topological polar surface area (TPSA) is 3.24 Å². The molecule has 88 valence electrons. The van der Waals surface area contributed by atoms with Crippen LogP contribution in [0.1, 0.15) is 46.0 Å². The number of likely N-dealkylation sites (tertiary alicyclic amines) is 1. The molecule has 2 heteroatoms. The Balaban J connectivity index is 1.93. The van der Waals surface area contributed by atoms with Crippen molar-refractivity contribution in [2.24, 2.45) is 11.3 Å². The number of hydrogen-bond acceptors (Lipinski definition) is 2. The van der Waals surface area contributed by atoms with Crippen molar-refractivity contribution in [3.63, 3.8) is 0 Å². The molecule has 0 aromatic heterocycles. The lowest BCUT2D eigenvalue weighted by Gasteiger charge is -2.36. The van der Waals surface area contributed by atoms with E-state index in [1.54, 1.807) is 0 Å². The Hall–Kier alpha value is 0.310. The number of fused-ring (bicyclic) bond motifs is 1. The van der Waals surface area contributed by atoms with Gasteiger partial charge in [0.25, 0.3) is 0 Å². The summed E-state index contributed by atoms with van der Waals surface area (Å²) in [5.74, 6) is 2.02. The first-order valence-electron chi connectivity index (χ1n) is 6.47. The monoisotopic (exact) mass is 227 g/mol. The standard InChI is InChI=1S/C13H25NS/c1-13(2,10-15)9-14-8-7-11-5-3-4-6-12(11)14/h11-12,15H,3-10H2,1-2H3. The van der Waals surface area contributed by atoms with E-state index in [0.717, 1.165) is 17.7 Å². The van der Waals surface area contributed by atoms with Gasteiger partial charge in [-0.3, -0.25) is 4.90 Å². The molecular weight excluding hydrogens is 202 g/mol. The van der Waals surface area contributed by atoms with E-state index in [0.29, 0.717) is 5.41 Å². The summed E-state index contributed by atoms with van der Waals surface area (Å²) in [5.41, 5.74) is 0.384. The molecule has 0 N–H and O–H groups in total. The van der Waals surface area contributed by atoms with Gasteiger partial charge in [-0.1, -0.05) is 26.7 Å². The number of hydrogen-bond donors (Lipinski definition) is 1. The largest absolute Gasteiger partial charge is 0.300 e. The van der Waals surface area contributed by atoms with Crippen LogP contribution in [-0.4, -0.2) is 29.8 Å². The van der Waals surface area contributed by atoms with E-state index in [4.69, 9.17) is 0 Å². The summed E-state index contributed by atoms with van der Waals surface area (Å²) in [4.78, 5) is 2.75. The van der Waals surface area contributed by atoms with E-state index in [-0.39, 0.29) is 0 Å². The van der Waals surface area contributed by atoms with Gasteiger partial charge in [0.1, 0.15) is 0 Å². The van der Waals surface area contributed by atoms with E-state index < -0.39 is 0 Å². The molecule has 1 nitrogen and oxygen atoms in total. The van der Waals surface area contributed by atoms with Crippen molar-refractivity contribution in [3.05, 3.63) is 0 Å². The average molecular weight is 227 g/mol. The molecule has 1 aliphatic heterocycles. The Labute approximate surface area is 100 Å². The molecule has 2 fully saturated rings. The van der Waals surface area contributed by atoms with E-state index in [9.17, 15) is 0 Å². The van der Waals surface area contributed by atoms with Crippen molar-refractivity contribution in [2.45, 2.75) is 52.0 Å². The third kappa shape index (κ3) is 2.71.